The Balaban J connectivity index is 1.99. The van der Waals surface area contributed by atoms with Crippen LogP contribution in [-0.4, -0.2) is 23.4 Å². The van der Waals surface area contributed by atoms with Gasteiger partial charge in [0.25, 0.3) is 0 Å². The van der Waals surface area contributed by atoms with E-state index in [1.54, 1.807) is 13.2 Å². The minimum absolute atomic E-state index is 0.242. The zero-order chi connectivity index (χ0) is 12.8. The van der Waals surface area contributed by atoms with Gasteiger partial charge in [0.05, 0.1) is 12.7 Å². The van der Waals surface area contributed by atoms with Crippen LogP contribution in [0.25, 0.3) is 0 Å². The van der Waals surface area contributed by atoms with E-state index in [4.69, 9.17) is 9.47 Å². The Bertz CT molecular complexity index is 526. The van der Waals surface area contributed by atoms with Gasteiger partial charge >= 0.3 is 0 Å². The zero-order valence-corrected chi connectivity index (χ0v) is 9.87. The minimum Gasteiger partial charge on any atom is -0.497 e. The Hall–Kier alpha value is -2.43. The van der Waals surface area contributed by atoms with E-state index in [2.05, 4.69) is 9.97 Å². The van der Waals surface area contributed by atoms with Gasteiger partial charge < -0.3 is 9.47 Å². The van der Waals surface area contributed by atoms with Gasteiger partial charge in [0.2, 0.25) is 0 Å². The van der Waals surface area contributed by atoms with Gasteiger partial charge in [0, 0.05) is 18.5 Å². The molecule has 18 heavy (non-hydrogen) atoms. The third kappa shape index (κ3) is 3.04. The normalized spacial score (nSPS) is 9.83. The van der Waals surface area contributed by atoms with Crippen LogP contribution in [0.3, 0.4) is 0 Å². The first-order valence-electron chi connectivity index (χ1n) is 5.35. The summed E-state index contributed by atoms with van der Waals surface area (Å²) in [5.74, 6) is 1.92. The summed E-state index contributed by atoms with van der Waals surface area (Å²) in [6, 6.07) is 7.27. The van der Waals surface area contributed by atoms with E-state index < -0.39 is 0 Å². The highest BCUT2D eigenvalue weighted by molar-refractivity contribution is 5.73. The van der Waals surface area contributed by atoms with Crippen LogP contribution >= 0.6 is 0 Å². The van der Waals surface area contributed by atoms with Crippen LogP contribution < -0.4 is 9.47 Å². The van der Waals surface area contributed by atoms with Crippen molar-refractivity contribution in [1.82, 2.24) is 9.97 Å². The molecule has 1 aromatic heterocycles. The maximum Gasteiger partial charge on any atom is 0.166 e. The van der Waals surface area contributed by atoms with E-state index in [0.717, 1.165) is 5.75 Å². The van der Waals surface area contributed by atoms with Crippen molar-refractivity contribution in [3.63, 3.8) is 0 Å². The number of nitrogens with zero attached hydrogens (tertiary/aromatic N) is 2. The third-order valence-electron chi connectivity index (χ3n) is 2.27. The van der Waals surface area contributed by atoms with E-state index >= 15 is 0 Å². The molecule has 1 heterocycles. The molecule has 5 heteroatoms. The monoisotopic (exact) mass is 244 g/mol. The van der Waals surface area contributed by atoms with Gasteiger partial charge in [0.1, 0.15) is 18.1 Å². The average molecular weight is 244 g/mol. The molecule has 1 aromatic carbocycles. The number of ether oxygens (including phenoxy) is 2. The fraction of sp³-hybridized carbons (Fsp3) is 0.154. The summed E-state index contributed by atoms with van der Waals surface area (Å²) in [4.78, 5) is 18.5. The lowest BCUT2D eigenvalue weighted by molar-refractivity contribution is 0.112. The van der Waals surface area contributed by atoms with Crippen molar-refractivity contribution in [1.29, 1.82) is 0 Å². The first kappa shape index (κ1) is 12.0. The number of carbonyl (C=O) groups excluding carboxylic acids is 1. The molecule has 0 aliphatic rings. The van der Waals surface area contributed by atoms with E-state index in [1.165, 1.54) is 12.4 Å². The predicted molar refractivity (Wildman–Crippen MR) is 64.7 cm³/mol. The highest BCUT2D eigenvalue weighted by Crippen LogP contribution is 2.19. The minimum atomic E-state index is 0.242. The fourth-order valence-corrected chi connectivity index (χ4v) is 1.34. The highest BCUT2D eigenvalue weighted by Gasteiger charge is 2.00. The smallest absolute Gasteiger partial charge is 0.166 e. The first-order chi connectivity index (χ1) is 8.81. The summed E-state index contributed by atoms with van der Waals surface area (Å²) in [5, 5.41) is 0. The number of rotatable bonds is 5. The summed E-state index contributed by atoms with van der Waals surface area (Å²) >= 11 is 0. The third-order valence-corrected chi connectivity index (χ3v) is 2.27. The number of methoxy groups -OCH3 is 1. The van der Waals surface area contributed by atoms with E-state index in [9.17, 15) is 4.79 Å². The molecule has 92 valence electrons. The summed E-state index contributed by atoms with van der Waals surface area (Å²) in [6.45, 7) is 0.242. The van der Waals surface area contributed by atoms with Crippen LogP contribution in [0.2, 0.25) is 0 Å². The molecule has 2 aromatic rings. The summed E-state index contributed by atoms with van der Waals surface area (Å²) in [5.41, 5.74) is 0.445. The van der Waals surface area contributed by atoms with Gasteiger partial charge in [-0.25, -0.2) is 9.97 Å². The zero-order valence-electron chi connectivity index (χ0n) is 9.87. The topological polar surface area (TPSA) is 61.3 Å². The summed E-state index contributed by atoms with van der Waals surface area (Å²) in [7, 11) is 1.60. The van der Waals surface area contributed by atoms with Gasteiger partial charge in [-0.05, 0) is 12.1 Å². The predicted octanol–water partition coefficient (Wildman–Crippen LogP) is 1.88. The van der Waals surface area contributed by atoms with Crippen LogP contribution in [0, 0.1) is 0 Å². The molecule has 0 radical (unpaired) electrons. The average Bonchev–Trinajstić information content (AvgIpc) is 2.46. The van der Waals surface area contributed by atoms with Crippen molar-refractivity contribution < 1.29 is 14.3 Å². The second-order valence-electron chi connectivity index (χ2n) is 3.52. The van der Waals surface area contributed by atoms with Gasteiger partial charge in [0.15, 0.2) is 12.1 Å². The standard InChI is InChI=1S/C13H12N2O3/c1-17-11-3-2-4-12(5-11)18-9-13-14-6-10(8-16)7-15-13/h2-8H,9H2,1H3. The second-order valence-corrected chi connectivity index (χ2v) is 3.52. The first-order valence-corrected chi connectivity index (χ1v) is 5.35. The Morgan fingerprint density at radius 1 is 1.22 bits per heavy atom. The summed E-state index contributed by atoms with van der Waals surface area (Å²) < 4.78 is 10.6. The van der Waals surface area contributed by atoms with Gasteiger partial charge in [-0.15, -0.1) is 0 Å². The van der Waals surface area contributed by atoms with Crippen molar-refractivity contribution in [3.8, 4) is 11.5 Å². The van der Waals surface area contributed by atoms with Gasteiger partial charge in [-0.2, -0.15) is 0 Å². The molecule has 0 spiro atoms. The molecule has 0 unspecified atom stereocenters. The second kappa shape index (κ2) is 5.77. The largest absolute Gasteiger partial charge is 0.497 e. The molecule has 0 aliphatic heterocycles. The van der Waals surface area contributed by atoms with E-state index in [0.29, 0.717) is 23.4 Å². The Morgan fingerprint density at radius 2 is 1.94 bits per heavy atom. The molecule has 0 N–H and O–H groups in total. The number of hydrogen-bond donors (Lipinski definition) is 0. The Labute approximate surface area is 104 Å². The van der Waals surface area contributed by atoms with E-state index in [1.807, 2.05) is 18.2 Å². The van der Waals surface area contributed by atoms with Gasteiger partial charge in [-0.3, -0.25) is 4.79 Å². The molecule has 5 nitrogen and oxygen atoms in total. The number of aromatic nitrogens is 2. The van der Waals surface area contributed by atoms with Crippen molar-refractivity contribution in [2.75, 3.05) is 7.11 Å². The van der Waals surface area contributed by atoms with Gasteiger partial charge in [-0.1, -0.05) is 6.07 Å². The number of carbonyl (C=O) groups is 1. The van der Waals surface area contributed by atoms with Crippen molar-refractivity contribution in [2.24, 2.45) is 0 Å². The number of hydrogen-bond acceptors (Lipinski definition) is 5. The van der Waals surface area contributed by atoms with Crippen LogP contribution in [-0.2, 0) is 6.61 Å². The lowest BCUT2D eigenvalue weighted by atomic mass is 10.3. The lowest BCUT2D eigenvalue weighted by Crippen LogP contribution is -2.02. The Kier molecular flexibility index (Phi) is 3.86. The van der Waals surface area contributed by atoms with Crippen molar-refractivity contribution in [3.05, 3.63) is 48.0 Å². The molecule has 0 saturated carbocycles. The fourth-order valence-electron chi connectivity index (χ4n) is 1.34. The van der Waals surface area contributed by atoms with Crippen molar-refractivity contribution in [2.45, 2.75) is 6.61 Å². The van der Waals surface area contributed by atoms with Crippen LogP contribution in [0.5, 0.6) is 11.5 Å². The number of aldehydes is 1. The maximum atomic E-state index is 10.4. The molecule has 0 bridgehead atoms. The number of benzene rings is 1. The van der Waals surface area contributed by atoms with Crippen LogP contribution in [0.4, 0.5) is 0 Å². The molecule has 0 saturated heterocycles. The summed E-state index contributed by atoms with van der Waals surface area (Å²) in [6.07, 6.45) is 3.63. The molecule has 0 atom stereocenters. The SMILES string of the molecule is COc1cccc(OCc2ncc(C=O)cn2)c1. The highest BCUT2D eigenvalue weighted by atomic mass is 16.5. The quantitative estimate of drug-likeness (QED) is 0.751. The van der Waals surface area contributed by atoms with Crippen LogP contribution in [0.1, 0.15) is 16.2 Å². The molecule has 0 aliphatic carbocycles. The maximum absolute atomic E-state index is 10.4. The van der Waals surface area contributed by atoms with E-state index in [-0.39, 0.29) is 6.61 Å². The molecular weight excluding hydrogens is 232 g/mol. The van der Waals surface area contributed by atoms with Crippen molar-refractivity contribution >= 4 is 6.29 Å². The molecule has 0 fully saturated rings. The molecule has 0 amide bonds. The molecule has 2 rings (SSSR count). The van der Waals surface area contributed by atoms with Crippen LogP contribution in [0.15, 0.2) is 36.7 Å². The lowest BCUT2D eigenvalue weighted by Gasteiger charge is -2.06. The Morgan fingerprint density at radius 3 is 2.61 bits per heavy atom. The molecular formula is C13H12N2O3.